The molecule has 2 atom stereocenters. The summed E-state index contributed by atoms with van der Waals surface area (Å²) in [5, 5.41) is 0. The van der Waals surface area contributed by atoms with Crippen LogP contribution in [0.25, 0.3) is 0 Å². The summed E-state index contributed by atoms with van der Waals surface area (Å²) in [6.45, 7) is 5.05. The maximum atomic E-state index is 12.4. The number of piperidine rings is 1. The van der Waals surface area contributed by atoms with E-state index in [-0.39, 0.29) is 11.9 Å². The molecule has 0 spiro atoms. The minimum atomic E-state index is 0.145. The van der Waals surface area contributed by atoms with Gasteiger partial charge in [0.25, 0.3) is 0 Å². The van der Waals surface area contributed by atoms with Crippen LogP contribution in [-0.4, -0.2) is 48.4 Å². The molecule has 0 aliphatic carbocycles. The summed E-state index contributed by atoms with van der Waals surface area (Å²) in [5.41, 5.74) is 7.16. The lowest BCUT2D eigenvalue weighted by Crippen LogP contribution is -2.49. The van der Waals surface area contributed by atoms with Crippen molar-refractivity contribution >= 4 is 21.8 Å². The largest absolute Gasteiger partial charge is 0.340 e. The van der Waals surface area contributed by atoms with Crippen LogP contribution in [0.15, 0.2) is 28.7 Å². The van der Waals surface area contributed by atoms with E-state index in [1.807, 2.05) is 31.3 Å². The summed E-state index contributed by atoms with van der Waals surface area (Å²) in [7, 11) is 1.86. The van der Waals surface area contributed by atoms with E-state index in [4.69, 9.17) is 5.73 Å². The van der Waals surface area contributed by atoms with E-state index in [0.29, 0.717) is 19.0 Å². The number of benzene rings is 1. The van der Waals surface area contributed by atoms with Crippen LogP contribution in [0.3, 0.4) is 0 Å². The van der Waals surface area contributed by atoms with Crippen molar-refractivity contribution in [3.8, 4) is 0 Å². The van der Waals surface area contributed by atoms with Gasteiger partial charge in [-0.2, -0.15) is 0 Å². The summed E-state index contributed by atoms with van der Waals surface area (Å²) >= 11 is 3.52. The molecule has 5 heteroatoms. The molecule has 2 unspecified atom stereocenters. The lowest BCUT2D eigenvalue weighted by molar-refractivity contribution is -0.132. The number of hydrogen-bond acceptors (Lipinski definition) is 3. The standard InChI is InChI=1S/C16H24BrN3O/c1-12-7-14(18)10-20(8-12)11-16(21)19(2)9-13-5-3-4-6-15(13)17/h3-6,12,14H,7-11,18H2,1-2H3. The zero-order valence-electron chi connectivity index (χ0n) is 12.8. The van der Waals surface area contributed by atoms with Gasteiger partial charge in [0.15, 0.2) is 0 Å². The van der Waals surface area contributed by atoms with Crippen molar-refractivity contribution < 1.29 is 4.79 Å². The molecular formula is C16H24BrN3O. The van der Waals surface area contributed by atoms with Gasteiger partial charge in [0.05, 0.1) is 6.54 Å². The van der Waals surface area contributed by atoms with Gasteiger partial charge < -0.3 is 10.6 Å². The SMILES string of the molecule is CC1CC(N)CN(CC(=O)N(C)Cc2ccccc2Br)C1. The first-order chi connectivity index (χ1) is 9.95. The van der Waals surface area contributed by atoms with Crippen molar-refractivity contribution in [2.75, 3.05) is 26.7 Å². The molecule has 0 saturated carbocycles. The molecule has 1 aromatic rings. The average molecular weight is 354 g/mol. The van der Waals surface area contributed by atoms with Gasteiger partial charge in [-0.3, -0.25) is 9.69 Å². The number of likely N-dealkylation sites (N-methyl/N-ethyl adjacent to an activating group) is 1. The zero-order valence-corrected chi connectivity index (χ0v) is 14.3. The molecule has 1 heterocycles. The Morgan fingerprint density at radius 2 is 2.14 bits per heavy atom. The number of carbonyl (C=O) groups excluding carboxylic acids is 1. The van der Waals surface area contributed by atoms with Gasteiger partial charge in [-0.1, -0.05) is 41.1 Å². The Balaban J connectivity index is 1.89. The molecule has 0 bridgehead atoms. The van der Waals surface area contributed by atoms with E-state index in [9.17, 15) is 4.79 Å². The van der Waals surface area contributed by atoms with Crippen molar-refractivity contribution in [1.29, 1.82) is 0 Å². The first-order valence-electron chi connectivity index (χ1n) is 7.41. The second kappa shape index (κ2) is 7.38. The monoisotopic (exact) mass is 353 g/mol. The fourth-order valence-electron chi connectivity index (χ4n) is 2.92. The Bertz CT molecular complexity index is 484. The third kappa shape index (κ3) is 4.80. The fraction of sp³-hybridized carbons (Fsp3) is 0.562. The molecule has 1 aliphatic heterocycles. The minimum absolute atomic E-state index is 0.145. The Hall–Kier alpha value is -0.910. The fourth-order valence-corrected chi connectivity index (χ4v) is 3.33. The van der Waals surface area contributed by atoms with Gasteiger partial charge >= 0.3 is 0 Å². The first-order valence-corrected chi connectivity index (χ1v) is 8.20. The number of rotatable bonds is 4. The van der Waals surface area contributed by atoms with Crippen molar-refractivity contribution in [1.82, 2.24) is 9.80 Å². The van der Waals surface area contributed by atoms with Gasteiger partial charge in [-0.25, -0.2) is 0 Å². The van der Waals surface area contributed by atoms with E-state index in [1.54, 1.807) is 4.90 Å². The molecule has 4 nitrogen and oxygen atoms in total. The number of carbonyl (C=O) groups is 1. The lowest BCUT2D eigenvalue weighted by Gasteiger charge is -2.35. The molecule has 1 saturated heterocycles. The van der Waals surface area contributed by atoms with Crippen molar-refractivity contribution in [2.24, 2.45) is 11.7 Å². The summed E-state index contributed by atoms with van der Waals surface area (Å²) in [4.78, 5) is 16.3. The van der Waals surface area contributed by atoms with Crippen LogP contribution >= 0.6 is 15.9 Å². The van der Waals surface area contributed by atoms with Gasteiger partial charge in [-0.05, 0) is 24.0 Å². The normalized spacial score (nSPS) is 23.0. The lowest BCUT2D eigenvalue weighted by atomic mass is 9.96. The summed E-state index contributed by atoms with van der Waals surface area (Å²) in [6.07, 6.45) is 1.05. The van der Waals surface area contributed by atoms with Crippen LogP contribution in [0.2, 0.25) is 0 Å². The number of nitrogens with zero attached hydrogens (tertiary/aromatic N) is 2. The number of halogens is 1. The second-order valence-corrected chi connectivity index (χ2v) is 6.99. The van der Waals surface area contributed by atoms with Crippen LogP contribution in [0, 0.1) is 5.92 Å². The predicted molar refractivity (Wildman–Crippen MR) is 88.8 cm³/mol. The van der Waals surface area contributed by atoms with Crippen molar-refractivity contribution in [2.45, 2.75) is 25.9 Å². The van der Waals surface area contributed by atoms with Crippen LogP contribution < -0.4 is 5.73 Å². The Morgan fingerprint density at radius 1 is 1.43 bits per heavy atom. The van der Waals surface area contributed by atoms with Gasteiger partial charge in [0, 0.05) is 37.2 Å². The average Bonchev–Trinajstić information content (AvgIpc) is 2.40. The highest BCUT2D eigenvalue weighted by Gasteiger charge is 2.24. The van der Waals surface area contributed by atoms with E-state index in [1.165, 1.54) is 0 Å². The van der Waals surface area contributed by atoms with Gasteiger partial charge in [0.1, 0.15) is 0 Å². The number of likely N-dealkylation sites (tertiary alicyclic amines) is 1. The van der Waals surface area contributed by atoms with E-state index < -0.39 is 0 Å². The Labute approximate surface area is 135 Å². The first kappa shape index (κ1) is 16.5. The van der Waals surface area contributed by atoms with Crippen LogP contribution in [-0.2, 0) is 11.3 Å². The third-order valence-corrected chi connectivity index (χ3v) is 4.69. The van der Waals surface area contributed by atoms with Crippen LogP contribution in [0.1, 0.15) is 18.9 Å². The molecule has 1 amide bonds. The molecule has 0 radical (unpaired) electrons. The van der Waals surface area contributed by atoms with Gasteiger partial charge in [-0.15, -0.1) is 0 Å². The number of hydrogen-bond donors (Lipinski definition) is 1. The zero-order chi connectivity index (χ0) is 15.4. The summed E-state index contributed by atoms with van der Waals surface area (Å²) < 4.78 is 1.04. The van der Waals surface area contributed by atoms with Gasteiger partial charge in [0.2, 0.25) is 5.91 Å². The Kier molecular flexibility index (Phi) is 5.79. The van der Waals surface area contributed by atoms with Crippen LogP contribution in [0.4, 0.5) is 0 Å². The molecule has 1 fully saturated rings. The quantitative estimate of drug-likeness (QED) is 0.901. The van der Waals surface area contributed by atoms with Crippen LogP contribution in [0.5, 0.6) is 0 Å². The minimum Gasteiger partial charge on any atom is -0.340 e. The molecule has 1 aromatic carbocycles. The molecular weight excluding hydrogens is 330 g/mol. The highest BCUT2D eigenvalue weighted by Crippen LogP contribution is 2.18. The summed E-state index contributed by atoms with van der Waals surface area (Å²) in [6, 6.07) is 8.19. The van der Waals surface area contributed by atoms with E-state index >= 15 is 0 Å². The van der Waals surface area contributed by atoms with Crippen molar-refractivity contribution in [3.63, 3.8) is 0 Å². The molecule has 0 aromatic heterocycles. The smallest absolute Gasteiger partial charge is 0.236 e. The highest BCUT2D eigenvalue weighted by atomic mass is 79.9. The molecule has 116 valence electrons. The second-order valence-electron chi connectivity index (χ2n) is 6.14. The number of amides is 1. The van der Waals surface area contributed by atoms with E-state index in [2.05, 4.69) is 27.8 Å². The molecule has 1 aliphatic rings. The molecule has 21 heavy (non-hydrogen) atoms. The summed E-state index contributed by atoms with van der Waals surface area (Å²) in [5.74, 6) is 0.710. The topological polar surface area (TPSA) is 49.6 Å². The maximum Gasteiger partial charge on any atom is 0.236 e. The maximum absolute atomic E-state index is 12.4. The highest BCUT2D eigenvalue weighted by molar-refractivity contribution is 9.10. The Morgan fingerprint density at radius 3 is 2.81 bits per heavy atom. The molecule has 2 N–H and O–H groups in total. The number of nitrogens with two attached hydrogens (primary N) is 1. The van der Waals surface area contributed by atoms with Crippen molar-refractivity contribution in [3.05, 3.63) is 34.3 Å². The van der Waals surface area contributed by atoms with E-state index in [0.717, 1.165) is 29.5 Å². The predicted octanol–water partition coefficient (Wildman–Crippen LogP) is 2.08. The molecule has 2 rings (SSSR count). The third-order valence-electron chi connectivity index (χ3n) is 3.92.